The van der Waals surface area contributed by atoms with Crippen LogP contribution < -0.4 is 5.32 Å². The SMILES string of the molecule is O=C(NC1CCCC1)[C@H](Cc1ccccc1)N(Cc1ccc(Br)cc1)C(=O)CCSc1ccccc1. The normalized spacial score (nSPS) is 14.4. The molecule has 3 aromatic carbocycles. The Bertz CT molecular complexity index is 1100. The fourth-order valence-electron chi connectivity index (χ4n) is 4.62. The van der Waals surface area contributed by atoms with Gasteiger partial charge in [-0.1, -0.05) is 89.4 Å². The minimum Gasteiger partial charge on any atom is -0.352 e. The van der Waals surface area contributed by atoms with Crippen LogP contribution in [-0.2, 0) is 22.6 Å². The van der Waals surface area contributed by atoms with Crippen molar-refractivity contribution in [1.29, 1.82) is 0 Å². The van der Waals surface area contributed by atoms with E-state index >= 15 is 0 Å². The van der Waals surface area contributed by atoms with Crippen molar-refractivity contribution in [2.45, 2.75) is 62.0 Å². The predicted octanol–water partition coefficient (Wildman–Crippen LogP) is 6.63. The summed E-state index contributed by atoms with van der Waals surface area (Å²) in [6, 6.07) is 27.8. The van der Waals surface area contributed by atoms with Crippen LogP contribution in [0.15, 0.2) is 94.3 Å². The van der Waals surface area contributed by atoms with Crippen LogP contribution >= 0.6 is 27.7 Å². The number of thioether (sulfide) groups is 1. The van der Waals surface area contributed by atoms with E-state index in [-0.39, 0.29) is 17.9 Å². The maximum atomic E-state index is 13.7. The van der Waals surface area contributed by atoms with E-state index in [9.17, 15) is 9.59 Å². The first-order chi connectivity index (χ1) is 17.6. The molecule has 0 bridgehead atoms. The number of nitrogens with zero attached hydrogens (tertiary/aromatic N) is 1. The van der Waals surface area contributed by atoms with Gasteiger partial charge in [0.2, 0.25) is 11.8 Å². The Hall–Kier alpha value is -2.57. The molecule has 36 heavy (non-hydrogen) atoms. The van der Waals surface area contributed by atoms with Crippen LogP contribution in [0.3, 0.4) is 0 Å². The minimum atomic E-state index is -0.564. The summed E-state index contributed by atoms with van der Waals surface area (Å²) in [5, 5.41) is 3.27. The number of nitrogens with one attached hydrogen (secondary N) is 1. The van der Waals surface area contributed by atoms with E-state index in [0.717, 1.165) is 46.2 Å². The molecule has 1 saturated carbocycles. The summed E-state index contributed by atoms with van der Waals surface area (Å²) in [5.74, 6) is 0.623. The molecule has 1 fully saturated rings. The van der Waals surface area contributed by atoms with Gasteiger partial charge in [0.1, 0.15) is 6.04 Å². The van der Waals surface area contributed by atoms with Crippen molar-refractivity contribution in [3.05, 3.63) is 101 Å². The Morgan fingerprint density at radius 1 is 0.889 bits per heavy atom. The molecule has 0 aromatic heterocycles. The van der Waals surface area contributed by atoms with Gasteiger partial charge in [-0.3, -0.25) is 9.59 Å². The molecule has 0 heterocycles. The summed E-state index contributed by atoms with van der Waals surface area (Å²) in [6.07, 6.45) is 5.18. The van der Waals surface area contributed by atoms with Crippen molar-refractivity contribution in [2.24, 2.45) is 0 Å². The minimum absolute atomic E-state index is 0.00357. The monoisotopic (exact) mass is 564 g/mol. The van der Waals surface area contributed by atoms with E-state index in [4.69, 9.17) is 0 Å². The zero-order valence-electron chi connectivity index (χ0n) is 20.4. The summed E-state index contributed by atoms with van der Waals surface area (Å²) in [6.45, 7) is 0.400. The largest absolute Gasteiger partial charge is 0.352 e. The van der Waals surface area contributed by atoms with Gasteiger partial charge in [-0.15, -0.1) is 11.8 Å². The third-order valence-electron chi connectivity index (χ3n) is 6.57. The van der Waals surface area contributed by atoms with Gasteiger partial charge >= 0.3 is 0 Å². The maximum absolute atomic E-state index is 13.7. The fraction of sp³-hybridized carbons (Fsp3) is 0.333. The summed E-state index contributed by atoms with van der Waals surface area (Å²) in [5.41, 5.74) is 2.06. The quantitative estimate of drug-likeness (QED) is 0.266. The van der Waals surface area contributed by atoms with Crippen LogP contribution in [0.1, 0.15) is 43.2 Å². The zero-order chi connectivity index (χ0) is 25.2. The Morgan fingerprint density at radius 2 is 1.53 bits per heavy atom. The number of hydrogen-bond acceptors (Lipinski definition) is 3. The van der Waals surface area contributed by atoms with Gasteiger partial charge in [0.15, 0.2) is 0 Å². The molecule has 3 aromatic rings. The van der Waals surface area contributed by atoms with Crippen LogP contribution in [-0.4, -0.2) is 34.6 Å². The maximum Gasteiger partial charge on any atom is 0.243 e. The van der Waals surface area contributed by atoms with Gasteiger partial charge in [0.25, 0.3) is 0 Å². The molecule has 2 amide bonds. The highest BCUT2D eigenvalue weighted by molar-refractivity contribution is 9.10. The first kappa shape index (κ1) is 26.5. The Morgan fingerprint density at radius 3 is 2.19 bits per heavy atom. The molecule has 0 radical (unpaired) electrons. The molecular formula is C30H33BrN2O2S. The number of halogens is 1. The number of carbonyl (C=O) groups is 2. The van der Waals surface area contributed by atoms with Crippen LogP contribution in [0, 0.1) is 0 Å². The molecule has 1 atom stereocenters. The molecule has 188 valence electrons. The van der Waals surface area contributed by atoms with E-state index in [1.165, 1.54) is 0 Å². The summed E-state index contributed by atoms with van der Waals surface area (Å²) in [7, 11) is 0. The van der Waals surface area contributed by atoms with E-state index in [0.29, 0.717) is 25.1 Å². The Labute approximate surface area is 227 Å². The molecule has 4 rings (SSSR count). The standard InChI is InChI=1S/C30H33BrN2O2S/c31-25-17-15-24(16-18-25)22-33(29(34)19-20-36-27-13-5-2-6-14-27)28(21-23-9-3-1-4-10-23)30(35)32-26-11-7-8-12-26/h1-6,9-10,13-18,26,28H,7-8,11-12,19-22H2,(H,32,35)/t28-/m0/s1. The molecule has 0 aliphatic heterocycles. The highest BCUT2D eigenvalue weighted by Crippen LogP contribution is 2.23. The van der Waals surface area contributed by atoms with Crippen LogP contribution in [0.25, 0.3) is 0 Å². The molecular weight excluding hydrogens is 532 g/mol. The first-order valence-electron chi connectivity index (χ1n) is 12.6. The van der Waals surface area contributed by atoms with E-state index in [1.54, 1.807) is 16.7 Å². The van der Waals surface area contributed by atoms with Crippen molar-refractivity contribution in [2.75, 3.05) is 5.75 Å². The molecule has 0 spiro atoms. The van der Waals surface area contributed by atoms with Gasteiger partial charge in [0, 0.05) is 40.5 Å². The summed E-state index contributed by atoms with van der Waals surface area (Å²) < 4.78 is 0.989. The lowest BCUT2D eigenvalue weighted by Crippen LogP contribution is -2.52. The van der Waals surface area contributed by atoms with Gasteiger partial charge < -0.3 is 10.2 Å². The molecule has 1 aliphatic carbocycles. The molecule has 0 unspecified atom stereocenters. The lowest BCUT2D eigenvalue weighted by Gasteiger charge is -2.32. The molecule has 4 nitrogen and oxygen atoms in total. The second-order valence-electron chi connectivity index (χ2n) is 9.26. The van der Waals surface area contributed by atoms with Crippen molar-refractivity contribution in [3.63, 3.8) is 0 Å². The predicted molar refractivity (Wildman–Crippen MR) is 151 cm³/mol. The van der Waals surface area contributed by atoms with E-state index in [1.807, 2.05) is 72.8 Å². The first-order valence-corrected chi connectivity index (χ1v) is 14.4. The topological polar surface area (TPSA) is 49.4 Å². The second-order valence-corrected chi connectivity index (χ2v) is 11.3. The average molecular weight is 566 g/mol. The van der Waals surface area contributed by atoms with Gasteiger partial charge in [0.05, 0.1) is 0 Å². The van der Waals surface area contributed by atoms with Crippen molar-refractivity contribution < 1.29 is 9.59 Å². The zero-order valence-corrected chi connectivity index (χ0v) is 22.8. The molecule has 6 heteroatoms. The van der Waals surface area contributed by atoms with E-state index in [2.05, 4.69) is 33.4 Å². The van der Waals surface area contributed by atoms with Crippen LogP contribution in [0.2, 0.25) is 0 Å². The lowest BCUT2D eigenvalue weighted by molar-refractivity contribution is -0.141. The Balaban J connectivity index is 1.56. The second kappa shape index (κ2) is 13.7. The highest BCUT2D eigenvalue weighted by Gasteiger charge is 2.32. The lowest BCUT2D eigenvalue weighted by atomic mass is 10.0. The average Bonchev–Trinajstić information content (AvgIpc) is 3.41. The fourth-order valence-corrected chi connectivity index (χ4v) is 5.75. The number of rotatable bonds is 11. The number of hydrogen-bond donors (Lipinski definition) is 1. The highest BCUT2D eigenvalue weighted by atomic mass is 79.9. The van der Waals surface area contributed by atoms with Crippen molar-refractivity contribution in [3.8, 4) is 0 Å². The number of carbonyl (C=O) groups excluding carboxylic acids is 2. The van der Waals surface area contributed by atoms with Gasteiger partial charge in [-0.25, -0.2) is 0 Å². The number of amides is 2. The molecule has 1 N–H and O–H groups in total. The smallest absolute Gasteiger partial charge is 0.243 e. The third-order valence-corrected chi connectivity index (χ3v) is 8.11. The van der Waals surface area contributed by atoms with Crippen molar-refractivity contribution >= 4 is 39.5 Å². The summed E-state index contributed by atoms with van der Waals surface area (Å²) >= 11 is 5.17. The van der Waals surface area contributed by atoms with Gasteiger partial charge in [-0.2, -0.15) is 0 Å². The Kier molecular flexibility index (Phi) is 10.1. The molecule has 0 saturated heterocycles. The number of benzene rings is 3. The van der Waals surface area contributed by atoms with Crippen LogP contribution in [0.5, 0.6) is 0 Å². The van der Waals surface area contributed by atoms with Crippen molar-refractivity contribution in [1.82, 2.24) is 10.2 Å². The third kappa shape index (κ3) is 7.97. The van der Waals surface area contributed by atoms with Crippen LogP contribution in [0.4, 0.5) is 0 Å². The molecule has 1 aliphatic rings. The van der Waals surface area contributed by atoms with E-state index < -0.39 is 6.04 Å². The van der Waals surface area contributed by atoms with Gasteiger partial charge in [-0.05, 0) is 48.2 Å². The summed E-state index contributed by atoms with van der Waals surface area (Å²) in [4.78, 5) is 30.3.